The van der Waals surface area contributed by atoms with Crippen molar-refractivity contribution in [1.82, 2.24) is 0 Å². The molecular formula is C16H42B. The van der Waals surface area contributed by atoms with E-state index in [-0.39, 0.29) is 8.41 Å². The molecule has 0 unspecified atom stereocenters. The van der Waals surface area contributed by atoms with E-state index in [0.29, 0.717) is 5.41 Å². The Morgan fingerprint density at radius 3 is 0.706 bits per heavy atom. The summed E-state index contributed by atoms with van der Waals surface area (Å²) in [5.74, 6) is 0. The molecule has 0 aromatic rings. The molecule has 109 valence electrons. The van der Waals surface area contributed by atoms with Gasteiger partial charge in [0.15, 0.2) is 0 Å². The number of hydrogen-bond acceptors (Lipinski definition) is 0. The summed E-state index contributed by atoms with van der Waals surface area (Å²) in [6, 6.07) is 0. The average molecular weight is 245 g/mol. The molecule has 0 bridgehead atoms. The predicted molar refractivity (Wildman–Crippen MR) is 90.1 cm³/mol. The molecule has 0 aliphatic rings. The molecule has 0 N–H and O–H groups in total. The summed E-state index contributed by atoms with van der Waals surface area (Å²) in [7, 11) is 0. The van der Waals surface area contributed by atoms with Crippen LogP contribution in [0.15, 0.2) is 0 Å². The van der Waals surface area contributed by atoms with E-state index in [1.807, 2.05) is 41.5 Å². The first-order chi connectivity index (χ1) is 7.54. The molecule has 0 rings (SSSR count). The fourth-order valence-corrected chi connectivity index (χ4v) is 0.250. The van der Waals surface area contributed by atoms with Gasteiger partial charge >= 0.3 is 0 Å². The van der Waals surface area contributed by atoms with Crippen molar-refractivity contribution >= 4 is 8.41 Å². The molecule has 0 nitrogen and oxygen atoms in total. The third kappa shape index (κ3) is 86.4. The molecule has 0 aliphatic heterocycles. The lowest BCUT2D eigenvalue weighted by atomic mass is 9.88. The first kappa shape index (κ1) is 36.0. The van der Waals surface area contributed by atoms with Gasteiger partial charge in [0.2, 0.25) is 0 Å². The van der Waals surface area contributed by atoms with Gasteiger partial charge in [0.1, 0.15) is 0 Å². The maximum atomic E-state index is 2.30. The molecule has 0 saturated heterocycles. The largest absolute Gasteiger partial charge is 0.0683 e. The van der Waals surface area contributed by atoms with Crippen molar-refractivity contribution in [1.29, 1.82) is 0 Å². The summed E-state index contributed by atoms with van der Waals surface area (Å²) < 4.78 is 0. The second-order valence-corrected chi connectivity index (χ2v) is 3.58. The molecule has 0 heterocycles. The molecule has 0 aromatic heterocycles. The van der Waals surface area contributed by atoms with Crippen LogP contribution in [0.3, 0.4) is 0 Å². The summed E-state index contributed by atoms with van der Waals surface area (Å²) in [4.78, 5) is 0. The van der Waals surface area contributed by atoms with Crippen molar-refractivity contribution in [2.75, 3.05) is 0 Å². The average Bonchev–Trinajstić information content (AvgIpc) is 2.37. The van der Waals surface area contributed by atoms with Crippen molar-refractivity contribution < 1.29 is 0 Å². The molecule has 0 atom stereocenters. The molecule has 17 heavy (non-hydrogen) atoms. The summed E-state index contributed by atoms with van der Waals surface area (Å²) >= 11 is 0. The van der Waals surface area contributed by atoms with Gasteiger partial charge in [-0.15, -0.1) is 0 Å². The Kier molecular flexibility index (Phi) is 93.9. The second kappa shape index (κ2) is 44.4. The van der Waals surface area contributed by atoms with Crippen LogP contribution in [0.4, 0.5) is 0 Å². The molecule has 3 radical (unpaired) electrons. The fraction of sp³-hybridized carbons (Fsp3) is 1.00. The quantitative estimate of drug-likeness (QED) is 0.462. The van der Waals surface area contributed by atoms with Gasteiger partial charge < -0.3 is 0 Å². The van der Waals surface area contributed by atoms with Crippen LogP contribution in [0, 0.1) is 5.41 Å². The Balaban J connectivity index is -0.0000000259. The van der Waals surface area contributed by atoms with Crippen molar-refractivity contribution in [2.24, 2.45) is 5.41 Å². The highest BCUT2D eigenvalue weighted by Gasteiger charge is 2.09. The molecule has 1 heteroatoms. The van der Waals surface area contributed by atoms with Gasteiger partial charge in [-0.3, -0.25) is 0 Å². The normalized spacial score (nSPS) is 7.06. The molecule has 0 spiro atoms. The van der Waals surface area contributed by atoms with E-state index in [0.717, 1.165) is 0 Å². The maximum absolute atomic E-state index is 2.30. The predicted octanol–water partition coefficient (Wildman–Crippen LogP) is 6.95. The van der Waals surface area contributed by atoms with Crippen molar-refractivity contribution in [2.45, 2.75) is 102 Å². The second-order valence-electron chi connectivity index (χ2n) is 3.58. The number of rotatable bonds is 2. The Hall–Kier alpha value is 0.0649. The Morgan fingerprint density at radius 1 is 0.588 bits per heavy atom. The van der Waals surface area contributed by atoms with Crippen LogP contribution >= 0.6 is 0 Å². The van der Waals surface area contributed by atoms with Crippen LogP contribution in [0.25, 0.3) is 0 Å². The highest BCUT2D eigenvalue weighted by Crippen LogP contribution is 2.22. The monoisotopic (exact) mass is 245 g/mol. The minimum atomic E-state index is 0. The van der Waals surface area contributed by atoms with E-state index in [9.17, 15) is 0 Å². The highest BCUT2D eigenvalue weighted by atomic mass is 14.1. The van der Waals surface area contributed by atoms with Crippen LogP contribution in [0.2, 0.25) is 0 Å². The lowest BCUT2D eigenvalue weighted by molar-refractivity contribution is 0.338. The maximum Gasteiger partial charge on any atom is 0 e. The van der Waals surface area contributed by atoms with Gasteiger partial charge in [-0.05, 0) is 5.41 Å². The van der Waals surface area contributed by atoms with Gasteiger partial charge in [0.05, 0.1) is 0 Å². The van der Waals surface area contributed by atoms with E-state index in [4.69, 9.17) is 0 Å². The number of hydrogen-bond donors (Lipinski definition) is 0. The summed E-state index contributed by atoms with van der Waals surface area (Å²) in [6.07, 6.45) is 3.84. The van der Waals surface area contributed by atoms with Crippen LogP contribution in [-0.4, -0.2) is 8.41 Å². The molecule has 0 fully saturated rings. The summed E-state index contributed by atoms with van der Waals surface area (Å²) in [5, 5.41) is 0. The standard InChI is InChI=1S/C7H16.C3H8.3C2H6.B/c1-5-7(3,4)6-2;1-3-2;3*1-2;/h5-6H2,1-4H3;3H2,1-2H3;3*1-2H3;. The summed E-state index contributed by atoms with van der Waals surface area (Å²) in [6.45, 7) is 25.3. The zero-order valence-electron chi connectivity index (χ0n) is 15.2. The van der Waals surface area contributed by atoms with E-state index in [1.54, 1.807) is 0 Å². The highest BCUT2D eigenvalue weighted by molar-refractivity contribution is 5.75. The zero-order chi connectivity index (χ0) is 14.6. The Morgan fingerprint density at radius 2 is 0.706 bits per heavy atom. The molecule has 0 amide bonds. The first-order valence-electron chi connectivity index (χ1n) is 7.54. The fourth-order valence-electron chi connectivity index (χ4n) is 0.250. The van der Waals surface area contributed by atoms with Crippen LogP contribution in [0.5, 0.6) is 0 Å². The third-order valence-corrected chi connectivity index (χ3v) is 1.91. The van der Waals surface area contributed by atoms with Gasteiger partial charge in [-0.1, -0.05) is 102 Å². The molecule has 0 aliphatic carbocycles. The summed E-state index contributed by atoms with van der Waals surface area (Å²) in [5.41, 5.74) is 0.583. The molecule has 0 saturated carbocycles. The van der Waals surface area contributed by atoms with Crippen LogP contribution < -0.4 is 0 Å². The minimum Gasteiger partial charge on any atom is -0.0683 e. The van der Waals surface area contributed by atoms with Gasteiger partial charge in [0, 0.05) is 8.41 Å². The third-order valence-electron chi connectivity index (χ3n) is 1.91. The van der Waals surface area contributed by atoms with Gasteiger partial charge in [0.25, 0.3) is 0 Å². The Bertz CT molecular complexity index is 52.5. The Labute approximate surface area is 117 Å². The van der Waals surface area contributed by atoms with E-state index in [1.165, 1.54) is 19.3 Å². The van der Waals surface area contributed by atoms with Crippen LogP contribution in [-0.2, 0) is 0 Å². The van der Waals surface area contributed by atoms with Crippen LogP contribution in [0.1, 0.15) is 102 Å². The first-order valence-corrected chi connectivity index (χ1v) is 7.54. The van der Waals surface area contributed by atoms with Gasteiger partial charge in [-0.25, -0.2) is 0 Å². The lowest BCUT2D eigenvalue weighted by Gasteiger charge is -2.18. The smallest absolute Gasteiger partial charge is 0 e. The van der Waals surface area contributed by atoms with E-state index >= 15 is 0 Å². The van der Waals surface area contributed by atoms with Crippen molar-refractivity contribution in [3.63, 3.8) is 0 Å². The molecule has 0 aromatic carbocycles. The minimum absolute atomic E-state index is 0. The van der Waals surface area contributed by atoms with Crippen molar-refractivity contribution in [3.05, 3.63) is 0 Å². The topological polar surface area (TPSA) is 0 Å². The lowest BCUT2D eigenvalue weighted by Crippen LogP contribution is -2.05. The SMILES string of the molecule is CC.CC.CC.CCC.CCC(C)(C)CC.[B]. The van der Waals surface area contributed by atoms with Crippen molar-refractivity contribution in [3.8, 4) is 0 Å². The van der Waals surface area contributed by atoms with E-state index in [2.05, 4.69) is 41.5 Å². The van der Waals surface area contributed by atoms with E-state index < -0.39 is 0 Å². The molecular weight excluding hydrogens is 203 g/mol. The van der Waals surface area contributed by atoms with Gasteiger partial charge in [-0.2, -0.15) is 0 Å². The zero-order valence-corrected chi connectivity index (χ0v) is 15.2.